The van der Waals surface area contributed by atoms with Gasteiger partial charge in [0.05, 0.1) is 28.7 Å². The van der Waals surface area contributed by atoms with Crippen LogP contribution in [-0.2, 0) is 0 Å². The van der Waals surface area contributed by atoms with Crippen LogP contribution in [0, 0.1) is 0 Å². The van der Waals surface area contributed by atoms with Crippen molar-refractivity contribution in [1.82, 2.24) is 14.8 Å². The van der Waals surface area contributed by atoms with Gasteiger partial charge in [0.2, 0.25) is 5.13 Å². The topological polar surface area (TPSA) is 69.0 Å². The summed E-state index contributed by atoms with van der Waals surface area (Å²) in [5.74, 6) is 0.776. The molecule has 0 saturated carbocycles. The van der Waals surface area contributed by atoms with Crippen LogP contribution in [0.3, 0.4) is 0 Å². The van der Waals surface area contributed by atoms with Gasteiger partial charge in [-0.1, -0.05) is 35.1 Å². The number of nitrogens with one attached hydrogen (secondary N) is 1. The third kappa shape index (κ3) is 3.51. The van der Waals surface area contributed by atoms with E-state index in [4.69, 9.17) is 16.3 Å². The van der Waals surface area contributed by atoms with Crippen molar-refractivity contribution in [1.29, 1.82) is 0 Å². The van der Waals surface area contributed by atoms with Crippen molar-refractivity contribution in [2.45, 2.75) is 6.92 Å². The van der Waals surface area contributed by atoms with E-state index < -0.39 is 5.56 Å². The minimum atomic E-state index is -0.424. The molecule has 0 bridgehead atoms. The van der Waals surface area contributed by atoms with Crippen molar-refractivity contribution in [3.05, 3.63) is 70.1 Å². The van der Waals surface area contributed by atoms with Crippen molar-refractivity contribution >= 4 is 44.5 Å². The van der Waals surface area contributed by atoms with Crippen LogP contribution in [0.4, 0.5) is 11.4 Å². The molecule has 27 heavy (non-hydrogen) atoms. The van der Waals surface area contributed by atoms with Crippen LogP contribution in [0.5, 0.6) is 5.75 Å². The van der Waals surface area contributed by atoms with Crippen molar-refractivity contribution in [3.8, 4) is 10.9 Å². The van der Waals surface area contributed by atoms with E-state index in [1.807, 2.05) is 55.5 Å². The Labute approximate surface area is 164 Å². The number of nitrogens with zero attached hydrogens (tertiary/aromatic N) is 3. The van der Waals surface area contributed by atoms with Crippen LogP contribution in [0.25, 0.3) is 15.3 Å². The maximum Gasteiger partial charge on any atom is 0.294 e. The van der Waals surface area contributed by atoms with E-state index in [2.05, 4.69) is 15.4 Å². The fourth-order valence-electron chi connectivity index (χ4n) is 2.56. The molecule has 0 aliphatic carbocycles. The number of aromatic nitrogens is 3. The second-order valence-electron chi connectivity index (χ2n) is 5.64. The minimum absolute atomic E-state index is 0.0538. The molecule has 1 N–H and O–H groups in total. The number of hydrogen-bond donors (Lipinski definition) is 1. The number of halogens is 1. The summed E-state index contributed by atoms with van der Waals surface area (Å²) in [5.41, 5.74) is 1.60. The minimum Gasteiger partial charge on any atom is -0.494 e. The van der Waals surface area contributed by atoms with E-state index in [0.717, 1.165) is 21.7 Å². The average Bonchev–Trinajstić information content (AvgIpc) is 3.11. The van der Waals surface area contributed by atoms with Gasteiger partial charge in [-0.2, -0.15) is 9.78 Å². The smallest absolute Gasteiger partial charge is 0.294 e. The van der Waals surface area contributed by atoms with Crippen LogP contribution in [-0.4, -0.2) is 21.4 Å². The Morgan fingerprint density at radius 2 is 1.96 bits per heavy atom. The molecule has 0 fully saturated rings. The molecular formula is C19H15ClN4O2S. The first-order valence-corrected chi connectivity index (χ1v) is 9.49. The number of thiazole rings is 1. The maximum atomic E-state index is 12.7. The molecule has 8 heteroatoms. The third-order valence-corrected chi connectivity index (χ3v) is 5.20. The highest BCUT2D eigenvalue weighted by Crippen LogP contribution is 2.26. The van der Waals surface area contributed by atoms with Gasteiger partial charge >= 0.3 is 0 Å². The van der Waals surface area contributed by atoms with Gasteiger partial charge in [-0.15, -0.1) is 0 Å². The number of para-hydroxylation sites is 1. The van der Waals surface area contributed by atoms with Crippen LogP contribution in [0.15, 0.2) is 59.5 Å². The lowest BCUT2D eigenvalue weighted by Crippen LogP contribution is -2.22. The van der Waals surface area contributed by atoms with E-state index in [1.54, 1.807) is 0 Å². The number of anilines is 2. The summed E-state index contributed by atoms with van der Waals surface area (Å²) in [6, 6.07) is 15.1. The molecule has 0 aliphatic rings. The summed E-state index contributed by atoms with van der Waals surface area (Å²) in [6.45, 7) is 2.53. The summed E-state index contributed by atoms with van der Waals surface area (Å²) in [6.07, 6.45) is 1.52. The molecule has 0 radical (unpaired) electrons. The van der Waals surface area contributed by atoms with Gasteiger partial charge in [-0.25, -0.2) is 4.98 Å². The van der Waals surface area contributed by atoms with Crippen molar-refractivity contribution in [2.24, 2.45) is 0 Å². The summed E-state index contributed by atoms with van der Waals surface area (Å²) < 4.78 is 7.62. The molecule has 0 aliphatic heterocycles. The summed E-state index contributed by atoms with van der Waals surface area (Å²) in [7, 11) is 0. The van der Waals surface area contributed by atoms with E-state index in [-0.39, 0.29) is 5.02 Å². The summed E-state index contributed by atoms with van der Waals surface area (Å²) >= 11 is 7.68. The maximum absolute atomic E-state index is 12.7. The largest absolute Gasteiger partial charge is 0.494 e. The van der Waals surface area contributed by atoms with Gasteiger partial charge in [-0.05, 0) is 43.3 Å². The Bertz CT molecular complexity index is 1120. The molecule has 4 aromatic rings. The molecule has 6 nitrogen and oxygen atoms in total. The molecule has 0 unspecified atom stereocenters. The predicted octanol–water partition coefficient (Wildman–Crippen LogP) is 4.64. The molecule has 4 rings (SSSR count). The first-order chi connectivity index (χ1) is 13.2. The van der Waals surface area contributed by atoms with E-state index in [9.17, 15) is 4.79 Å². The van der Waals surface area contributed by atoms with Crippen molar-refractivity contribution in [2.75, 3.05) is 11.9 Å². The molecule has 0 spiro atoms. The number of ether oxygens (including phenoxy) is 1. The normalized spacial score (nSPS) is 10.9. The monoisotopic (exact) mass is 398 g/mol. The van der Waals surface area contributed by atoms with Gasteiger partial charge < -0.3 is 10.1 Å². The zero-order chi connectivity index (χ0) is 18.8. The number of benzene rings is 2. The molecular weight excluding hydrogens is 384 g/mol. The van der Waals surface area contributed by atoms with Crippen LogP contribution in [0.1, 0.15) is 6.92 Å². The van der Waals surface area contributed by atoms with Gasteiger partial charge in [-0.3, -0.25) is 4.79 Å². The zero-order valence-corrected chi connectivity index (χ0v) is 15.9. The number of hydrogen-bond acceptors (Lipinski definition) is 6. The SMILES string of the molecule is CCOc1ccc(Nc2cnn(-c3nc4ccccc4s3)c(=O)c2Cl)cc1. The molecule has 2 aromatic heterocycles. The molecule has 0 saturated heterocycles. The average molecular weight is 399 g/mol. The summed E-state index contributed by atoms with van der Waals surface area (Å²) in [4.78, 5) is 17.1. The first-order valence-electron chi connectivity index (χ1n) is 8.29. The lowest BCUT2D eigenvalue weighted by molar-refractivity contribution is 0.340. The Balaban J connectivity index is 1.64. The first kappa shape index (κ1) is 17.5. The number of rotatable bonds is 5. The van der Waals surface area contributed by atoms with E-state index in [1.165, 1.54) is 22.2 Å². The van der Waals surface area contributed by atoms with Crippen molar-refractivity contribution < 1.29 is 4.74 Å². The molecule has 0 atom stereocenters. The van der Waals surface area contributed by atoms with Crippen LogP contribution < -0.4 is 15.6 Å². The Morgan fingerprint density at radius 1 is 1.19 bits per heavy atom. The third-order valence-electron chi connectivity index (χ3n) is 3.83. The molecule has 136 valence electrons. The van der Waals surface area contributed by atoms with Gasteiger partial charge in [0.1, 0.15) is 10.8 Å². The number of fused-ring (bicyclic) bond motifs is 1. The Kier molecular flexibility index (Phi) is 4.79. The lowest BCUT2D eigenvalue weighted by atomic mass is 10.3. The highest BCUT2D eigenvalue weighted by molar-refractivity contribution is 7.20. The molecule has 0 amide bonds. The standard InChI is InChI=1S/C19H15ClN4O2S/c1-2-26-13-9-7-12(8-10-13)22-15-11-21-24(18(25)17(15)20)19-23-14-5-3-4-6-16(14)27-19/h3-11,22H,2H2,1H3. The highest BCUT2D eigenvalue weighted by atomic mass is 35.5. The second-order valence-corrected chi connectivity index (χ2v) is 7.02. The highest BCUT2D eigenvalue weighted by Gasteiger charge is 2.14. The zero-order valence-electron chi connectivity index (χ0n) is 14.3. The van der Waals surface area contributed by atoms with Crippen LogP contribution in [0.2, 0.25) is 5.02 Å². The summed E-state index contributed by atoms with van der Waals surface area (Å²) in [5, 5.41) is 7.87. The van der Waals surface area contributed by atoms with E-state index in [0.29, 0.717) is 17.4 Å². The van der Waals surface area contributed by atoms with Gasteiger partial charge in [0.25, 0.3) is 5.56 Å². The molecule has 2 aromatic carbocycles. The predicted molar refractivity (Wildman–Crippen MR) is 109 cm³/mol. The fraction of sp³-hybridized carbons (Fsp3) is 0.105. The van der Waals surface area contributed by atoms with E-state index >= 15 is 0 Å². The Hall–Kier alpha value is -2.90. The van der Waals surface area contributed by atoms with Crippen LogP contribution >= 0.6 is 22.9 Å². The fourth-order valence-corrected chi connectivity index (χ4v) is 3.66. The second kappa shape index (κ2) is 7.38. The van der Waals surface area contributed by atoms with Crippen molar-refractivity contribution in [3.63, 3.8) is 0 Å². The Morgan fingerprint density at radius 3 is 2.70 bits per heavy atom. The molecule has 2 heterocycles. The quantitative estimate of drug-likeness (QED) is 0.530. The van der Waals surface area contributed by atoms with Gasteiger partial charge in [0, 0.05) is 5.69 Å². The van der Waals surface area contributed by atoms with Gasteiger partial charge in [0.15, 0.2) is 0 Å². The lowest BCUT2D eigenvalue weighted by Gasteiger charge is -2.10.